The average Bonchev–Trinajstić information content (AvgIpc) is 3.03. The SMILES string of the molecule is CN=C(NCCc1nc(C)no1)NCc1ccc(C)cc1OC(C)CC(C)C. The molecule has 0 saturated heterocycles. The van der Waals surface area contributed by atoms with Gasteiger partial charge >= 0.3 is 0 Å². The normalized spacial score (nSPS) is 12.9. The highest BCUT2D eigenvalue weighted by Gasteiger charge is 2.11. The maximum absolute atomic E-state index is 6.22. The third kappa shape index (κ3) is 7.21. The number of nitrogens with one attached hydrogen (secondary N) is 2. The van der Waals surface area contributed by atoms with Crippen LogP contribution in [0.2, 0.25) is 0 Å². The number of nitrogens with zero attached hydrogens (tertiary/aromatic N) is 3. The van der Waals surface area contributed by atoms with Crippen LogP contribution in [0.25, 0.3) is 0 Å². The zero-order chi connectivity index (χ0) is 20.5. The fraction of sp³-hybridized carbons (Fsp3) is 0.571. The molecule has 1 atom stereocenters. The average molecular weight is 388 g/mol. The van der Waals surface area contributed by atoms with Crippen LogP contribution in [0, 0.1) is 19.8 Å². The summed E-state index contributed by atoms with van der Waals surface area (Å²) in [5, 5.41) is 10.4. The Kier molecular flexibility index (Phi) is 8.29. The lowest BCUT2D eigenvalue weighted by Crippen LogP contribution is -2.38. The minimum absolute atomic E-state index is 0.177. The van der Waals surface area contributed by atoms with Crippen LogP contribution in [0.4, 0.5) is 0 Å². The van der Waals surface area contributed by atoms with Crippen LogP contribution >= 0.6 is 0 Å². The minimum Gasteiger partial charge on any atom is -0.490 e. The van der Waals surface area contributed by atoms with Crippen molar-refractivity contribution >= 4 is 5.96 Å². The summed E-state index contributed by atoms with van der Waals surface area (Å²) in [6.45, 7) is 11.7. The molecule has 7 heteroatoms. The van der Waals surface area contributed by atoms with Crippen molar-refractivity contribution in [1.82, 2.24) is 20.8 Å². The van der Waals surface area contributed by atoms with Gasteiger partial charge in [0.15, 0.2) is 11.8 Å². The first-order chi connectivity index (χ1) is 13.4. The molecular formula is C21H33N5O2. The van der Waals surface area contributed by atoms with E-state index in [1.807, 2.05) is 6.92 Å². The van der Waals surface area contributed by atoms with E-state index in [1.165, 1.54) is 5.56 Å². The summed E-state index contributed by atoms with van der Waals surface area (Å²) >= 11 is 0. The molecule has 1 unspecified atom stereocenters. The third-order valence-electron chi connectivity index (χ3n) is 4.22. The molecule has 0 radical (unpaired) electrons. The number of hydrogen-bond acceptors (Lipinski definition) is 5. The smallest absolute Gasteiger partial charge is 0.228 e. The van der Waals surface area contributed by atoms with Gasteiger partial charge in [-0.25, -0.2) is 0 Å². The van der Waals surface area contributed by atoms with Gasteiger partial charge in [-0.15, -0.1) is 0 Å². The first-order valence-electron chi connectivity index (χ1n) is 9.87. The zero-order valence-electron chi connectivity index (χ0n) is 17.9. The summed E-state index contributed by atoms with van der Waals surface area (Å²) < 4.78 is 11.3. The standard InChI is InChI=1S/C21H33N5O2/c1-14(2)11-16(4)27-19-12-15(3)7-8-18(19)13-24-21(22-6)23-10-9-20-25-17(5)26-28-20/h7-8,12,14,16H,9-11,13H2,1-6H3,(H2,22,23,24). The van der Waals surface area contributed by atoms with Crippen LogP contribution in [0.15, 0.2) is 27.7 Å². The Hall–Kier alpha value is -2.57. The Morgan fingerprint density at radius 3 is 2.64 bits per heavy atom. The van der Waals surface area contributed by atoms with Crippen LogP contribution in [-0.2, 0) is 13.0 Å². The quantitative estimate of drug-likeness (QED) is 0.507. The lowest BCUT2D eigenvalue weighted by molar-refractivity contribution is 0.191. The van der Waals surface area contributed by atoms with E-state index in [9.17, 15) is 0 Å². The van der Waals surface area contributed by atoms with Crippen LogP contribution in [0.1, 0.15) is 50.0 Å². The Bertz CT molecular complexity index is 770. The Labute approximate surface area is 168 Å². The maximum atomic E-state index is 6.22. The van der Waals surface area contributed by atoms with Crippen LogP contribution in [-0.4, -0.2) is 35.8 Å². The molecular weight excluding hydrogens is 354 g/mol. The number of rotatable bonds is 9. The highest BCUT2D eigenvalue weighted by Crippen LogP contribution is 2.23. The van der Waals surface area contributed by atoms with Crippen molar-refractivity contribution in [3.8, 4) is 5.75 Å². The Morgan fingerprint density at radius 2 is 2.00 bits per heavy atom. The summed E-state index contributed by atoms with van der Waals surface area (Å²) in [7, 11) is 1.75. The number of aryl methyl sites for hydroxylation is 2. The molecule has 0 saturated carbocycles. The van der Waals surface area contributed by atoms with Crippen molar-refractivity contribution in [3.05, 3.63) is 41.0 Å². The van der Waals surface area contributed by atoms with Gasteiger partial charge in [0.05, 0.1) is 6.10 Å². The van der Waals surface area contributed by atoms with Crippen molar-refractivity contribution in [2.24, 2.45) is 10.9 Å². The van der Waals surface area contributed by atoms with Gasteiger partial charge in [-0.05, 0) is 44.7 Å². The zero-order valence-corrected chi connectivity index (χ0v) is 17.9. The second-order valence-electron chi connectivity index (χ2n) is 7.51. The summed E-state index contributed by atoms with van der Waals surface area (Å²) in [6.07, 6.45) is 1.85. The largest absolute Gasteiger partial charge is 0.490 e. The molecule has 0 aliphatic carbocycles. The molecule has 0 fully saturated rings. The lowest BCUT2D eigenvalue weighted by Gasteiger charge is -2.20. The highest BCUT2D eigenvalue weighted by molar-refractivity contribution is 5.79. The van der Waals surface area contributed by atoms with Crippen molar-refractivity contribution < 1.29 is 9.26 Å². The summed E-state index contributed by atoms with van der Waals surface area (Å²) in [4.78, 5) is 8.47. The number of guanidine groups is 1. The van der Waals surface area contributed by atoms with Gasteiger partial charge in [0.2, 0.25) is 5.89 Å². The van der Waals surface area contributed by atoms with Gasteiger partial charge in [0, 0.05) is 32.1 Å². The second kappa shape index (κ2) is 10.7. The van der Waals surface area contributed by atoms with Crippen LogP contribution in [0.3, 0.4) is 0 Å². The van der Waals surface area contributed by atoms with E-state index in [2.05, 4.69) is 71.7 Å². The van der Waals surface area contributed by atoms with E-state index in [4.69, 9.17) is 9.26 Å². The van der Waals surface area contributed by atoms with Gasteiger partial charge in [-0.1, -0.05) is 31.1 Å². The first kappa shape index (κ1) is 21.7. The maximum Gasteiger partial charge on any atom is 0.228 e. The molecule has 1 aromatic heterocycles. The number of hydrogen-bond donors (Lipinski definition) is 2. The Balaban J connectivity index is 1.90. The molecule has 2 rings (SSSR count). The molecule has 0 amide bonds. The van der Waals surface area contributed by atoms with E-state index < -0.39 is 0 Å². The molecule has 0 bridgehead atoms. The molecule has 0 spiro atoms. The van der Waals surface area contributed by atoms with Crippen LogP contribution in [0.5, 0.6) is 5.75 Å². The topological polar surface area (TPSA) is 84.6 Å². The highest BCUT2D eigenvalue weighted by atomic mass is 16.5. The molecule has 7 nitrogen and oxygen atoms in total. The number of aromatic nitrogens is 2. The summed E-state index contributed by atoms with van der Waals surface area (Å²) in [5.74, 6) is 3.52. The van der Waals surface area contributed by atoms with E-state index >= 15 is 0 Å². The number of benzene rings is 1. The molecule has 154 valence electrons. The van der Waals surface area contributed by atoms with Gasteiger partial charge in [0.25, 0.3) is 0 Å². The van der Waals surface area contributed by atoms with Gasteiger partial charge in [-0.3, -0.25) is 4.99 Å². The molecule has 0 aliphatic rings. The molecule has 2 N–H and O–H groups in total. The predicted molar refractivity (Wildman–Crippen MR) is 112 cm³/mol. The molecule has 1 aromatic carbocycles. The fourth-order valence-electron chi connectivity index (χ4n) is 2.98. The van der Waals surface area contributed by atoms with Gasteiger partial charge in [-0.2, -0.15) is 4.98 Å². The van der Waals surface area contributed by atoms with E-state index in [0.29, 0.717) is 37.1 Å². The van der Waals surface area contributed by atoms with Crippen LogP contribution < -0.4 is 15.4 Å². The number of ether oxygens (including phenoxy) is 1. The number of aliphatic imine (C=N–C) groups is 1. The summed E-state index contributed by atoms with van der Waals surface area (Å²) in [6, 6.07) is 6.31. The minimum atomic E-state index is 0.177. The monoisotopic (exact) mass is 387 g/mol. The molecule has 1 heterocycles. The van der Waals surface area contributed by atoms with Crippen molar-refractivity contribution in [2.45, 2.75) is 60.1 Å². The molecule has 28 heavy (non-hydrogen) atoms. The van der Waals surface area contributed by atoms with Gasteiger partial charge < -0.3 is 19.9 Å². The van der Waals surface area contributed by atoms with E-state index in [1.54, 1.807) is 7.05 Å². The summed E-state index contributed by atoms with van der Waals surface area (Å²) in [5.41, 5.74) is 2.30. The lowest BCUT2D eigenvalue weighted by atomic mass is 10.1. The fourth-order valence-corrected chi connectivity index (χ4v) is 2.98. The van der Waals surface area contributed by atoms with Crippen molar-refractivity contribution in [1.29, 1.82) is 0 Å². The van der Waals surface area contributed by atoms with Crippen molar-refractivity contribution in [3.63, 3.8) is 0 Å². The third-order valence-corrected chi connectivity index (χ3v) is 4.22. The molecule has 2 aromatic rings. The predicted octanol–water partition coefficient (Wildman–Crippen LogP) is 3.41. The molecule has 0 aliphatic heterocycles. The Morgan fingerprint density at radius 1 is 1.21 bits per heavy atom. The van der Waals surface area contributed by atoms with E-state index in [-0.39, 0.29) is 6.10 Å². The second-order valence-corrected chi connectivity index (χ2v) is 7.51. The van der Waals surface area contributed by atoms with E-state index in [0.717, 1.165) is 23.7 Å². The van der Waals surface area contributed by atoms with Crippen molar-refractivity contribution in [2.75, 3.05) is 13.6 Å². The van der Waals surface area contributed by atoms with Gasteiger partial charge in [0.1, 0.15) is 5.75 Å². The first-order valence-corrected chi connectivity index (χ1v) is 9.87.